The maximum absolute atomic E-state index is 5.77. The van der Waals surface area contributed by atoms with Gasteiger partial charge in [0.05, 0.1) is 12.8 Å². The predicted molar refractivity (Wildman–Crippen MR) is 83.7 cm³/mol. The van der Waals surface area contributed by atoms with Crippen LogP contribution in [0.5, 0.6) is 5.75 Å². The molecule has 0 saturated carbocycles. The van der Waals surface area contributed by atoms with Gasteiger partial charge in [-0.25, -0.2) is 0 Å². The minimum atomic E-state index is 0.747. The Bertz CT molecular complexity index is 554. The van der Waals surface area contributed by atoms with Gasteiger partial charge in [0, 0.05) is 41.9 Å². The molecule has 0 fully saturated rings. The molecule has 1 heterocycles. The fourth-order valence-electron chi connectivity index (χ4n) is 1.94. The van der Waals surface area contributed by atoms with Crippen LogP contribution in [0.15, 0.2) is 35.1 Å². The zero-order chi connectivity index (χ0) is 14.4. The van der Waals surface area contributed by atoms with Gasteiger partial charge >= 0.3 is 0 Å². The summed E-state index contributed by atoms with van der Waals surface area (Å²) in [5.41, 5.74) is 2.34. The number of aromatic nitrogens is 2. The van der Waals surface area contributed by atoms with E-state index in [2.05, 4.69) is 39.3 Å². The highest BCUT2D eigenvalue weighted by Crippen LogP contribution is 2.23. The minimum Gasteiger partial charge on any atom is -0.493 e. The lowest BCUT2D eigenvalue weighted by Gasteiger charge is -2.12. The van der Waals surface area contributed by atoms with Crippen molar-refractivity contribution in [2.75, 3.05) is 6.61 Å². The lowest BCUT2D eigenvalue weighted by atomic mass is 10.2. The summed E-state index contributed by atoms with van der Waals surface area (Å²) in [6.07, 6.45) is 4.91. The summed E-state index contributed by atoms with van der Waals surface area (Å²) in [6, 6.07) is 6.12. The van der Waals surface area contributed by atoms with Gasteiger partial charge in [0.25, 0.3) is 0 Å². The number of ether oxygens (including phenoxy) is 1. The van der Waals surface area contributed by atoms with E-state index in [0.717, 1.165) is 41.9 Å². The SMILES string of the molecule is CCCOc1ccc(Br)cc1CNCc1cnn(C)c1. The van der Waals surface area contributed by atoms with Gasteiger partial charge in [-0.15, -0.1) is 0 Å². The van der Waals surface area contributed by atoms with Crippen molar-refractivity contribution < 1.29 is 4.74 Å². The van der Waals surface area contributed by atoms with Gasteiger partial charge in [0.1, 0.15) is 5.75 Å². The Balaban J connectivity index is 1.95. The first kappa shape index (κ1) is 15.1. The molecule has 2 aromatic rings. The van der Waals surface area contributed by atoms with Crippen LogP contribution in [0.25, 0.3) is 0 Å². The van der Waals surface area contributed by atoms with Crippen molar-refractivity contribution in [3.05, 3.63) is 46.2 Å². The number of halogens is 1. The smallest absolute Gasteiger partial charge is 0.123 e. The number of benzene rings is 1. The lowest BCUT2D eigenvalue weighted by Crippen LogP contribution is -2.13. The minimum absolute atomic E-state index is 0.747. The summed E-state index contributed by atoms with van der Waals surface area (Å²) >= 11 is 3.51. The molecule has 0 radical (unpaired) electrons. The quantitative estimate of drug-likeness (QED) is 0.842. The first-order valence-corrected chi connectivity index (χ1v) is 7.58. The topological polar surface area (TPSA) is 39.1 Å². The average Bonchev–Trinajstić information content (AvgIpc) is 2.84. The van der Waals surface area contributed by atoms with Crippen molar-refractivity contribution in [2.45, 2.75) is 26.4 Å². The summed E-state index contributed by atoms with van der Waals surface area (Å²) in [5.74, 6) is 0.953. The molecule has 4 nitrogen and oxygen atoms in total. The van der Waals surface area contributed by atoms with Crippen LogP contribution in [0.3, 0.4) is 0 Å². The van der Waals surface area contributed by atoms with Gasteiger partial charge in [-0.2, -0.15) is 5.10 Å². The standard InChI is InChI=1S/C15H20BrN3O/c1-3-6-20-15-5-4-14(16)7-13(15)10-17-8-12-9-18-19(2)11-12/h4-5,7,9,11,17H,3,6,8,10H2,1-2H3. The molecule has 0 unspecified atom stereocenters. The summed E-state index contributed by atoms with van der Waals surface area (Å²) in [4.78, 5) is 0. The van der Waals surface area contributed by atoms with Crippen molar-refractivity contribution in [1.29, 1.82) is 0 Å². The fraction of sp³-hybridized carbons (Fsp3) is 0.400. The lowest BCUT2D eigenvalue weighted by molar-refractivity contribution is 0.313. The molecule has 0 atom stereocenters. The zero-order valence-corrected chi connectivity index (χ0v) is 13.5. The molecule has 0 aliphatic rings. The fourth-order valence-corrected chi connectivity index (χ4v) is 2.35. The monoisotopic (exact) mass is 337 g/mol. The molecule has 108 valence electrons. The highest BCUT2D eigenvalue weighted by molar-refractivity contribution is 9.10. The maximum Gasteiger partial charge on any atom is 0.123 e. The van der Waals surface area contributed by atoms with Crippen LogP contribution in [0.2, 0.25) is 0 Å². The number of nitrogens with one attached hydrogen (secondary N) is 1. The first-order valence-electron chi connectivity index (χ1n) is 6.78. The van der Waals surface area contributed by atoms with Crippen LogP contribution in [0.1, 0.15) is 24.5 Å². The van der Waals surface area contributed by atoms with E-state index in [1.165, 1.54) is 5.56 Å². The molecule has 0 bridgehead atoms. The maximum atomic E-state index is 5.77. The van der Waals surface area contributed by atoms with E-state index >= 15 is 0 Å². The Morgan fingerprint density at radius 2 is 2.20 bits per heavy atom. The Labute approximate surface area is 128 Å². The molecule has 1 aromatic heterocycles. The highest BCUT2D eigenvalue weighted by atomic mass is 79.9. The van der Waals surface area contributed by atoms with Gasteiger partial charge < -0.3 is 10.1 Å². The first-order chi connectivity index (χ1) is 9.69. The average molecular weight is 338 g/mol. The molecular weight excluding hydrogens is 318 g/mol. The Kier molecular flexibility index (Phi) is 5.61. The van der Waals surface area contributed by atoms with Crippen LogP contribution in [-0.4, -0.2) is 16.4 Å². The number of aryl methyl sites for hydroxylation is 1. The summed E-state index contributed by atoms with van der Waals surface area (Å²) in [7, 11) is 1.93. The van der Waals surface area contributed by atoms with E-state index in [1.807, 2.05) is 36.3 Å². The molecule has 0 spiro atoms. The second-order valence-electron chi connectivity index (χ2n) is 4.73. The third kappa shape index (κ3) is 4.35. The molecule has 0 aliphatic carbocycles. The molecule has 5 heteroatoms. The van der Waals surface area contributed by atoms with Gasteiger partial charge in [-0.1, -0.05) is 22.9 Å². The predicted octanol–water partition coefficient (Wildman–Crippen LogP) is 3.26. The Morgan fingerprint density at radius 3 is 2.90 bits per heavy atom. The highest BCUT2D eigenvalue weighted by Gasteiger charge is 2.05. The van der Waals surface area contributed by atoms with Crippen molar-refractivity contribution in [3.63, 3.8) is 0 Å². The van der Waals surface area contributed by atoms with E-state index < -0.39 is 0 Å². The van der Waals surface area contributed by atoms with Crippen LogP contribution in [-0.2, 0) is 20.1 Å². The van der Waals surface area contributed by atoms with E-state index in [0.29, 0.717) is 0 Å². The number of nitrogens with zero attached hydrogens (tertiary/aromatic N) is 2. The second-order valence-corrected chi connectivity index (χ2v) is 5.64. The normalized spacial score (nSPS) is 10.8. The largest absolute Gasteiger partial charge is 0.493 e. The molecule has 0 amide bonds. The molecule has 1 aromatic carbocycles. The van der Waals surface area contributed by atoms with Crippen molar-refractivity contribution >= 4 is 15.9 Å². The Morgan fingerprint density at radius 1 is 1.35 bits per heavy atom. The van der Waals surface area contributed by atoms with E-state index in [1.54, 1.807) is 0 Å². The molecular formula is C15H20BrN3O. The number of hydrogen-bond donors (Lipinski definition) is 1. The van der Waals surface area contributed by atoms with Crippen LogP contribution >= 0.6 is 15.9 Å². The van der Waals surface area contributed by atoms with E-state index in [-0.39, 0.29) is 0 Å². The third-order valence-electron chi connectivity index (χ3n) is 2.89. The molecule has 2 rings (SSSR count). The molecule has 20 heavy (non-hydrogen) atoms. The van der Waals surface area contributed by atoms with Gasteiger partial charge in [-0.05, 0) is 24.6 Å². The van der Waals surface area contributed by atoms with Crippen LogP contribution in [0, 0.1) is 0 Å². The van der Waals surface area contributed by atoms with E-state index in [9.17, 15) is 0 Å². The van der Waals surface area contributed by atoms with E-state index in [4.69, 9.17) is 4.74 Å². The second kappa shape index (κ2) is 7.45. The van der Waals surface area contributed by atoms with Gasteiger partial charge in [0.2, 0.25) is 0 Å². The summed E-state index contributed by atoms with van der Waals surface area (Å²) < 4.78 is 8.65. The van der Waals surface area contributed by atoms with Crippen LogP contribution < -0.4 is 10.1 Å². The zero-order valence-electron chi connectivity index (χ0n) is 11.9. The van der Waals surface area contributed by atoms with Crippen LogP contribution in [0.4, 0.5) is 0 Å². The van der Waals surface area contributed by atoms with Crippen molar-refractivity contribution in [1.82, 2.24) is 15.1 Å². The van der Waals surface area contributed by atoms with Crippen molar-refractivity contribution in [3.8, 4) is 5.75 Å². The Hall–Kier alpha value is -1.33. The number of rotatable bonds is 7. The molecule has 1 N–H and O–H groups in total. The summed E-state index contributed by atoms with van der Waals surface area (Å²) in [5, 5.41) is 7.58. The van der Waals surface area contributed by atoms with Gasteiger partial charge in [0.15, 0.2) is 0 Å². The summed E-state index contributed by atoms with van der Waals surface area (Å²) in [6.45, 7) is 4.43. The molecule has 0 saturated heterocycles. The number of hydrogen-bond acceptors (Lipinski definition) is 3. The van der Waals surface area contributed by atoms with Crippen molar-refractivity contribution in [2.24, 2.45) is 7.05 Å². The van der Waals surface area contributed by atoms with Gasteiger partial charge in [-0.3, -0.25) is 4.68 Å². The third-order valence-corrected chi connectivity index (χ3v) is 3.38. The molecule has 0 aliphatic heterocycles.